The van der Waals surface area contributed by atoms with Crippen molar-refractivity contribution in [1.82, 2.24) is 0 Å². The van der Waals surface area contributed by atoms with Gasteiger partial charge < -0.3 is 45.2 Å². The van der Waals surface area contributed by atoms with Gasteiger partial charge in [-0.1, -0.05) is 12.1 Å². The van der Waals surface area contributed by atoms with E-state index in [0.717, 1.165) is 6.07 Å². The number of aliphatic hydroxyl groups is 6. The lowest BCUT2D eigenvalue weighted by atomic mass is 9.75. The Bertz CT molecular complexity index is 1530. The number of aliphatic hydroxyl groups excluding tert-OH is 4. The number of rotatable bonds is 6. The van der Waals surface area contributed by atoms with E-state index in [1.54, 1.807) is 0 Å². The van der Waals surface area contributed by atoms with Crippen molar-refractivity contribution in [1.29, 1.82) is 0 Å². The summed E-state index contributed by atoms with van der Waals surface area (Å²) in [6, 6.07) is 5.42. The van der Waals surface area contributed by atoms with Crippen molar-refractivity contribution >= 4 is 28.8 Å². The zero-order valence-corrected chi connectivity index (χ0v) is 21.2. The van der Waals surface area contributed by atoms with E-state index in [-0.39, 0.29) is 48.1 Å². The van der Waals surface area contributed by atoms with Crippen LogP contribution in [0.5, 0.6) is 5.75 Å². The molecule has 218 valence electrons. The zero-order valence-electron chi connectivity index (χ0n) is 21.2. The molecule has 14 heteroatoms. The number of hydrogen-bond acceptors (Lipinski definition) is 14. The molecule has 0 radical (unpaired) electrons. The summed E-state index contributed by atoms with van der Waals surface area (Å²) in [5, 5.41) is 71.7. The number of aromatic hydroxyl groups is 1. The second-order valence-corrected chi connectivity index (χ2v) is 10.7. The maximum absolute atomic E-state index is 13.4. The minimum absolute atomic E-state index is 0.0760. The van der Waals surface area contributed by atoms with Gasteiger partial charge in [0.05, 0.1) is 12.0 Å². The number of benzene rings is 1. The number of esters is 2. The number of fused-ring (bicyclic) bond motifs is 3. The Morgan fingerprint density at radius 2 is 1.68 bits per heavy atom. The van der Waals surface area contributed by atoms with E-state index in [0.29, 0.717) is 16.5 Å². The van der Waals surface area contributed by atoms with Crippen LogP contribution < -0.4 is 5.43 Å². The quantitative estimate of drug-likeness (QED) is 0.0872. The number of ether oxygens (including phenoxy) is 2. The molecule has 2 saturated heterocycles. The van der Waals surface area contributed by atoms with Gasteiger partial charge in [-0.2, -0.15) is 9.78 Å². The van der Waals surface area contributed by atoms with Crippen LogP contribution in [0.3, 0.4) is 0 Å². The molecular formula is C27H26O14. The van der Waals surface area contributed by atoms with Gasteiger partial charge in [0, 0.05) is 11.3 Å². The SMILES string of the molecule is O=C1OC(=O)C1(CCOC1OO[C@@H](O)C(O)C1O)Cc1cc2c3c(ccc(O)c3c(=O)c1)C1CC(=C2)C(O)(O)C1O. The first-order valence-corrected chi connectivity index (χ1v) is 12.8. The number of cyclic esters (lactones) is 2. The van der Waals surface area contributed by atoms with Crippen molar-refractivity contribution < 1.29 is 64.6 Å². The predicted octanol–water partition coefficient (Wildman–Crippen LogP) is -1.82. The van der Waals surface area contributed by atoms with Crippen LogP contribution in [-0.2, 0) is 35.3 Å². The summed E-state index contributed by atoms with van der Waals surface area (Å²) < 4.78 is 9.96. The molecule has 2 aromatic rings. The highest BCUT2D eigenvalue weighted by molar-refractivity contribution is 6.14. The standard InChI is InChI=1S/C27H26O14/c28-15-2-1-13-14-8-12(27(36,37)21(14)32)7-11-5-10(6-16(29)18(15)17(11)13)9-26(24(34)39-25(26)35)3-4-38-23-20(31)19(30)22(33)40-41-23/h1-2,5-7,14,19-23,28,30-33,36-37H,3-4,8-9H2/t14?,19?,20?,21?,22-,23?/m1/s1. The fourth-order valence-electron chi connectivity index (χ4n) is 5.98. The van der Waals surface area contributed by atoms with E-state index < -0.39 is 65.4 Å². The van der Waals surface area contributed by atoms with Gasteiger partial charge in [0.2, 0.25) is 18.4 Å². The highest BCUT2D eigenvalue weighted by Gasteiger charge is 2.58. The normalized spacial score (nSPS) is 31.3. The molecule has 0 aromatic heterocycles. The van der Waals surface area contributed by atoms with Crippen LogP contribution in [0.2, 0.25) is 0 Å². The Labute approximate surface area is 230 Å². The highest BCUT2D eigenvalue weighted by Crippen LogP contribution is 2.50. The third kappa shape index (κ3) is 4.19. The molecule has 6 rings (SSSR count). The average Bonchev–Trinajstić information content (AvgIpc) is 3.04. The van der Waals surface area contributed by atoms with E-state index in [1.165, 1.54) is 24.3 Å². The average molecular weight is 574 g/mol. The van der Waals surface area contributed by atoms with Gasteiger partial charge in [0.25, 0.3) is 0 Å². The molecule has 1 saturated carbocycles. The van der Waals surface area contributed by atoms with Gasteiger partial charge in [-0.15, -0.1) is 0 Å². The second-order valence-electron chi connectivity index (χ2n) is 10.7. The molecule has 14 nitrogen and oxygen atoms in total. The summed E-state index contributed by atoms with van der Waals surface area (Å²) in [5.74, 6) is -5.45. The Kier molecular flexibility index (Phi) is 6.53. The summed E-state index contributed by atoms with van der Waals surface area (Å²) in [4.78, 5) is 47.8. The summed E-state index contributed by atoms with van der Waals surface area (Å²) in [7, 11) is 0. The minimum atomic E-state index is -2.53. The van der Waals surface area contributed by atoms with Crippen LogP contribution in [0.4, 0.5) is 0 Å². The molecule has 2 aliphatic heterocycles. The molecule has 2 aromatic carbocycles. The van der Waals surface area contributed by atoms with Crippen molar-refractivity contribution in [2.24, 2.45) is 5.41 Å². The van der Waals surface area contributed by atoms with Gasteiger partial charge in [-0.05, 0) is 59.7 Å². The van der Waals surface area contributed by atoms with Crippen molar-refractivity contribution in [3.05, 3.63) is 56.8 Å². The van der Waals surface area contributed by atoms with Gasteiger partial charge in [-0.25, -0.2) is 0 Å². The third-order valence-corrected chi connectivity index (χ3v) is 8.30. The van der Waals surface area contributed by atoms with Crippen LogP contribution >= 0.6 is 0 Å². The van der Waals surface area contributed by atoms with Crippen LogP contribution in [0.15, 0.2) is 34.6 Å². The Morgan fingerprint density at radius 3 is 2.39 bits per heavy atom. The highest BCUT2D eigenvalue weighted by atomic mass is 17.2. The summed E-state index contributed by atoms with van der Waals surface area (Å²) in [5.41, 5.74) is -1.45. The van der Waals surface area contributed by atoms with E-state index in [9.17, 15) is 50.1 Å². The minimum Gasteiger partial charge on any atom is -0.507 e. The van der Waals surface area contributed by atoms with Crippen molar-refractivity contribution in [2.75, 3.05) is 6.61 Å². The lowest BCUT2D eigenvalue weighted by molar-refractivity contribution is -0.488. The number of hydrogen-bond donors (Lipinski definition) is 7. The molecular weight excluding hydrogens is 548 g/mol. The molecule has 41 heavy (non-hydrogen) atoms. The first kappa shape index (κ1) is 27.8. The number of carbonyl (C=O) groups is 2. The fraction of sp³-hybridized carbons (Fsp3) is 0.444. The lowest BCUT2D eigenvalue weighted by Gasteiger charge is -2.37. The number of phenols is 1. The van der Waals surface area contributed by atoms with Crippen LogP contribution in [0.25, 0.3) is 16.8 Å². The molecule has 7 N–H and O–H groups in total. The molecule has 2 bridgehead atoms. The lowest BCUT2D eigenvalue weighted by Crippen LogP contribution is -2.56. The molecule has 0 spiro atoms. The maximum atomic E-state index is 13.4. The van der Waals surface area contributed by atoms with Crippen molar-refractivity contribution in [2.45, 2.75) is 61.9 Å². The second kappa shape index (κ2) is 9.62. The van der Waals surface area contributed by atoms with Crippen LogP contribution in [0, 0.1) is 5.41 Å². The molecule has 6 atom stereocenters. The van der Waals surface area contributed by atoms with Gasteiger partial charge in [0.15, 0.2) is 10.8 Å². The third-order valence-electron chi connectivity index (χ3n) is 8.30. The first-order chi connectivity index (χ1) is 19.3. The van der Waals surface area contributed by atoms with E-state index in [2.05, 4.69) is 14.5 Å². The molecule has 2 aliphatic carbocycles. The van der Waals surface area contributed by atoms with Crippen molar-refractivity contribution in [3.8, 4) is 5.75 Å². The Balaban J connectivity index is 1.37. The molecule has 0 amide bonds. The maximum Gasteiger partial charge on any atom is 0.331 e. The smallest absolute Gasteiger partial charge is 0.331 e. The fourth-order valence-corrected chi connectivity index (χ4v) is 5.98. The van der Waals surface area contributed by atoms with Gasteiger partial charge >= 0.3 is 11.9 Å². The summed E-state index contributed by atoms with van der Waals surface area (Å²) in [6.45, 7) is -0.376. The van der Waals surface area contributed by atoms with Gasteiger partial charge in [-0.3, -0.25) is 14.4 Å². The molecule has 3 fully saturated rings. The monoisotopic (exact) mass is 574 g/mol. The van der Waals surface area contributed by atoms with Crippen LogP contribution in [-0.4, -0.2) is 91.0 Å². The molecule has 2 heterocycles. The summed E-state index contributed by atoms with van der Waals surface area (Å²) >= 11 is 0. The largest absolute Gasteiger partial charge is 0.507 e. The van der Waals surface area contributed by atoms with E-state index in [4.69, 9.17) is 4.74 Å². The topological polar surface area (TPSA) is 230 Å². The summed E-state index contributed by atoms with van der Waals surface area (Å²) in [6.07, 6.45) is -7.52. The number of phenolic OH excluding ortho intramolecular Hbond substituents is 1. The van der Waals surface area contributed by atoms with Gasteiger partial charge in [0.1, 0.15) is 24.1 Å². The Morgan fingerprint density at radius 1 is 0.951 bits per heavy atom. The van der Waals surface area contributed by atoms with Crippen LogP contribution in [0.1, 0.15) is 35.4 Å². The van der Waals surface area contributed by atoms with E-state index >= 15 is 0 Å². The van der Waals surface area contributed by atoms with E-state index in [1.807, 2.05) is 0 Å². The molecule has 4 aliphatic rings. The molecule has 5 unspecified atom stereocenters. The first-order valence-electron chi connectivity index (χ1n) is 12.8. The zero-order chi connectivity index (χ0) is 29.4. The van der Waals surface area contributed by atoms with Crippen molar-refractivity contribution in [3.63, 3.8) is 0 Å². The number of carbonyl (C=O) groups excluding carboxylic acids is 2. The predicted molar refractivity (Wildman–Crippen MR) is 132 cm³/mol. The Hall–Kier alpha value is -3.31.